The summed E-state index contributed by atoms with van der Waals surface area (Å²) in [6, 6.07) is 14.9. The highest BCUT2D eigenvalue weighted by Gasteiger charge is 2.32. The Balaban J connectivity index is 1.90. The molecule has 4 rings (SSSR count). The van der Waals surface area contributed by atoms with E-state index in [0.29, 0.717) is 17.4 Å². The van der Waals surface area contributed by atoms with Crippen molar-refractivity contribution in [1.82, 2.24) is 4.57 Å². The first-order valence-corrected chi connectivity index (χ1v) is 10.2. The van der Waals surface area contributed by atoms with E-state index >= 15 is 0 Å². The van der Waals surface area contributed by atoms with Gasteiger partial charge in [-0.3, -0.25) is 19.5 Å². The van der Waals surface area contributed by atoms with Crippen molar-refractivity contribution in [2.75, 3.05) is 18.1 Å². The summed E-state index contributed by atoms with van der Waals surface area (Å²) in [5, 5.41) is 1.64. The van der Waals surface area contributed by atoms with Gasteiger partial charge in [-0.25, -0.2) is 0 Å². The van der Waals surface area contributed by atoms with Crippen molar-refractivity contribution in [2.24, 2.45) is 4.99 Å². The summed E-state index contributed by atoms with van der Waals surface area (Å²) in [4.78, 5) is 31.4. The van der Waals surface area contributed by atoms with Crippen LogP contribution in [0.3, 0.4) is 0 Å². The van der Waals surface area contributed by atoms with E-state index in [-0.39, 0.29) is 19.1 Å². The topological polar surface area (TPSA) is 63.9 Å². The van der Waals surface area contributed by atoms with Crippen molar-refractivity contribution in [3.05, 3.63) is 64.7 Å². The lowest BCUT2D eigenvalue weighted by atomic mass is 10.2. The predicted molar refractivity (Wildman–Crippen MR) is 119 cm³/mol. The number of carbonyl (C=O) groups is 2. The molecule has 1 aliphatic heterocycles. The van der Waals surface area contributed by atoms with E-state index in [1.807, 2.05) is 48.5 Å². The van der Waals surface area contributed by atoms with E-state index in [4.69, 9.17) is 16.3 Å². The molecule has 1 unspecified atom stereocenters. The molecule has 0 saturated carbocycles. The predicted octanol–water partition coefficient (Wildman–Crippen LogP) is 4.06. The number of hydrogen-bond donors (Lipinski definition) is 0. The number of halogens is 1. The number of rotatable bonds is 5. The first-order chi connectivity index (χ1) is 14.5. The fourth-order valence-corrected chi connectivity index (χ4v) is 3.86. The summed E-state index contributed by atoms with van der Waals surface area (Å²) < 4.78 is 7.18. The number of aliphatic imine (C=N–C) groups is 1. The molecule has 0 radical (unpaired) electrons. The van der Waals surface area contributed by atoms with Gasteiger partial charge in [0.2, 0.25) is 0 Å². The van der Waals surface area contributed by atoms with Crippen molar-refractivity contribution in [3.8, 4) is 0 Å². The van der Waals surface area contributed by atoms with Gasteiger partial charge in [0.15, 0.2) is 0 Å². The monoisotopic (exact) mass is 423 g/mol. The lowest BCUT2D eigenvalue weighted by Crippen LogP contribution is -2.42. The first kappa shape index (κ1) is 20.2. The summed E-state index contributed by atoms with van der Waals surface area (Å²) >= 11 is 6.04. The summed E-state index contributed by atoms with van der Waals surface area (Å²) in [7, 11) is 0. The van der Waals surface area contributed by atoms with Gasteiger partial charge in [-0.2, -0.15) is 0 Å². The van der Waals surface area contributed by atoms with Crippen molar-refractivity contribution >= 4 is 46.4 Å². The fraction of sp³-hybridized carbons (Fsp3) is 0.261. The number of amides is 1. The van der Waals surface area contributed by atoms with E-state index in [2.05, 4.69) is 9.56 Å². The SMILES string of the molecule is CCOC(=O)CN1C(=O)C(C)N=Cc2c1n(Cc1ccc(Cl)cc1)c1ccccc21. The number of para-hydroxylation sites is 1. The second-order valence-corrected chi connectivity index (χ2v) is 7.59. The zero-order valence-electron chi connectivity index (χ0n) is 16.8. The minimum atomic E-state index is -0.588. The fourth-order valence-electron chi connectivity index (χ4n) is 3.74. The molecule has 30 heavy (non-hydrogen) atoms. The molecule has 2 aromatic carbocycles. The highest BCUT2D eigenvalue weighted by Crippen LogP contribution is 2.35. The maximum atomic E-state index is 13.1. The van der Waals surface area contributed by atoms with Crippen molar-refractivity contribution in [2.45, 2.75) is 26.4 Å². The molecule has 0 saturated heterocycles. The molecule has 1 atom stereocenters. The number of nitrogens with zero attached hydrogens (tertiary/aromatic N) is 3. The van der Waals surface area contributed by atoms with Crippen LogP contribution >= 0.6 is 11.6 Å². The van der Waals surface area contributed by atoms with Crippen LogP contribution in [-0.2, 0) is 20.9 Å². The van der Waals surface area contributed by atoms with Gasteiger partial charge in [0.05, 0.1) is 12.1 Å². The van der Waals surface area contributed by atoms with Gasteiger partial charge in [0.1, 0.15) is 18.4 Å². The highest BCUT2D eigenvalue weighted by atomic mass is 35.5. The summed E-state index contributed by atoms with van der Waals surface area (Å²) in [5.74, 6) is -0.0373. The molecule has 7 heteroatoms. The Bertz CT molecular complexity index is 1130. The van der Waals surface area contributed by atoms with E-state index in [1.54, 1.807) is 20.1 Å². The summed E-state index contributed by atoms with van der Waals surface area (Å²) in [6.07, 6.45) is 1.74. The van der Waals surface area contributed by atoms with Crippen LogP contribution in [0.5, 0.6) is 0 Å². The van der Waals surface area contributed by atoms with Gasteiger partial charge in [-0.15, -0.1) is 0 Å². The first-order valence-electron chi connectivity index (χ1n) is 9.85. The number of fused-ring (bicyclic) bond motifs is 3. The third kappa shape index (κ3) is 3.71. The Hall–Kier alpha value is -3.12. The van der Waals surface area contributed by atoms with Crippen LogP contribution in [0, 0.1) is 0 Å². The summed E-state index contributed by atoms with van der Waals surface area (Å²) in [6.45, 7) is 4.09. The minimum Gasteiger partial charge on any atom is -0.465 e. The molecular weight excluding hydrogens is 402 g/mol. The molecular formula is C23H22ClN3O3. The number of carbonyl (C=O) groups excluding carboxylic acids is 2. The molecule has 1 aromatic heterocycles. The number of aromatic nitrogens is 1. The normalized spacial score (nSPS) is 15.9. The van der Waals surface area contributed by atoms with Crippen molar-refractivity contribution in [3.63, 3.8) is 0 Å². The van der Waals surface area contributed by atoms with Gasteiger partial charge >= 0.3 is 5.97 Å². The minimum absolute atomic E-state index is 0.162. The molecule has 0 bridgehead atoms. The van der Waals surface area contributed by atoms with E-state index in [9.17, 15) is 9.59 Å². The Morgan fingerprint density at radius 2 is 1.90 bits per heavy atom. The zero-order chi connectivity index (χ0) is 21.3. The maximum Gasteiger partial charge on any atom is 0.326 e. The lowest BCUT2D eigenvalue weighted by molar-refractivity contribution is -0.142. The van der Waals surface area contributed by atoms with Crippen LogP contribution in [0.2, 0.25) is 5.02 Å². The Morgan fingerprint density at radius 1 is 1.17 bits per heavy atom. The van der Waals surface area contributed by atoms with E-state index < -0.39 is 12.0 Å². The van der Waals surface area contributed by atoms with Crippen molar-refractivity contribution in [1.29, 1.82) is 0 Å². The van der Waals surface area contributed by atoms with E-state index in [0.717, 1.165) is 22.0 Å². The van der Waals surface area contributed by atoms with Crippen molar-refractivity contribution < 1.29 is 14.3 Å². The molecule has 1 aliphatic rings. The zero-order valence-corrected chi connectivity index (χ0v) is 17.6. The second-order valence-electron chi connectivity index (χ2n) is 7.15. The Morgan fingerprint density at radius 3 is 2.63 bits per heavy atom. The van der Waals surface area contributed by atoms with E-state index in [1.165, 1.54) is 4.90 Å². The number of esters is 1. The molecule has 2 heterocycles. The highest BCUT2D eigenvalue weighted by molar-refractivity contribution is 6.30. The maximum absolute atomic E-state index is 13.1. The molecule has 0 spiro atoms. The summed E-state index contributed by atoms with van der Waals surface area (Å²) in [5.41, 5.74) is 2.81. The van der Waals surface area contributed by atoms with Gasteiger partial charge < -0.3 is 9.30 Å². The number of anilines is 1. The number of hydrogen-bond acceptors (Lipinski definition) is 4. The molecule has 0 N–H and O–H groups in total. The van der Waals surface area contributed by atoms with Crippen LogP contribution in [0.4, 0.5) is 5.82 Å². The number of benzene rings is 2. The van der Waals surface area contributed by atoms with Gasteiger partial charge in [-0.05, 0) is 37.6 Å². The average molecular weight is 424 g/mol. The van der Waals surface area contributed by atoms with Crippen LogP contribution in [0.1, 0.15) is 25.0 Å². The molecule has 0 aliphatic carbocycles. The molecule has 0 fully saturated rings. The quantitative estimate of drug-likeness (QED) is 0.581. The smallest absolute Gasteiger partial charge is 0.326 e. The van der Waals surface area contributed by atoms with Gasteiger partial charge in [-0.1, -0.05) is 41.9 Å². The average Bonchev–Trinajstić information content (AvgIpc) is 2.98. The van der Waals surface area contributed by atoms with Gasteiger partial charge in [0, 0.05) is 28.7 Å². The molecule has 6 nitrogen and oxygen atoms in total. The molecule has 154 valence electrons. The third-order valence-electron chi connectivity index (χ3n) is 5.13. The molecule has 3 aromatic rings. The second kappa shape index (κ2) is 8.32. The van der Waals surface area contributed by atoms with Crippen LogP contribution in [0.15, 0.2) is 53.5 Å². The van der Waals surface area contributed by atoms with Gasteiger partial charge in [0.25, 0.3) is 5.91 Å². The van der Waals surface area contributed by atoms with Crippen LogP contribution < -0.4 is 4.90 Å². The standard InChI is InChI=1S/C23H22ClN3O3/c1-3-30-21(28)14-27-22-19(12-25-15(2)23(27)29)18-6-4-5-7-20(18)26(22)13-16-8-10-17(24)11-9-16/h4-12,15H,3,13-14H2,1-2H3. The number of ether oxygens (including phenoxy) is 1. The Labute approximate surface area is 179 Å². The van der Waals surface area contributed by atoms with Crippen LogP contribution in [0.25, 0.3) is 10.9 Å². The Kier molecular flexibility index (Phi) is 5.59. The molecule has 1 amide bonds. The third-order valence-corrected chi connectivity index (χ3v) is 5.39. The van der Waals surface area contributed by atoms with Crippen LogP contribution in [-0.4, -0.2) is 41.9 Å². The lowest BCUT2D eigenvalue weighted by Gasteiger charge is -2.25. The largest absolute Gasteiger partial charge is 0.465 e.